The van der Waals surface area contributed by atoms with Crippen molar-refractivity contribution in [3.8, 4) is 0 Å². The summed E-state index contributed by atoms with van der Waals surface area (Å²) in [4.78, 5) is 0. The Morgan fingerprint density at radius 2 is 1.89 bits per heavy atom. The van der Waals surface area contributed by atoms with Crippen molar-refractivity contribution >= 4 is 20.4 Å². The minimum atomic E-state index is 0.569. The van der Waals surface area contributed by atoms with Gasteiger partial charge in [0.25, 0.3) is 0 Å². The molecule has 0 aliphatic heterocycles. The van der Waals surface area contributed by atoms with E-state index in [1.165, 1.54) is 0 Å². The molecule has 0 amide bonds. The third kappa shape index (κ3) is 29.7. The molecule has 0 rings (SSSR count). The minimum absolute atomic E-state index is 0.569. The summed E-state index contributed by atoms with van der Waals surface area (Å²) in [6, 6.07) is 0. The summed E-state index contributed by atoms with van der Waals surface area (Å²) >= 11 is 0.569. The molecule has 9 heavy (non-hydrogen) atoms. The molecule has 0 aromatic rings. The monoisotopic (exact) mass is 212 g/mol. The third-order valence-corrected chi connectivity index (χ3v) is 0.271. The molecular weight excluding hydrogens is 206 g/mol. The molecular formula is C4H8Cl2N2Ni. The van der Waals surface area contributed by atoms with Crippen LogP contribution in [0.25, 0.3) is 0 Å². The molecule has 58 valence electrons. The van der Waals surface area contributed by atoms with E-state index in [2.05, 4.69) is 16.8 Å². The normalized spacial score (nSPS) is 8.89. The Kier molecular flexibility index (Phi) is 15.1. The van der Waals surface area contributed by atoms with E-state index in [9.17, 15) is 0 Å². The van der Waals surface area contributed by atoms with E-state index in [1.54, 1.807) is 14.0 Å². The number of rotatable bonds is 1. The van der Waals surface area contributed by atoms with Gasteiger partial charge in [-0.1, -0.05) is 6.58 Å². The van der Waals surface area contributed by atoms with E-state index in [0.29, 0.717) is 12.7 Å². The van der Waals surface area contributed by atoms with Gasteiger partial charge in [0.1, 0.15) is 0 Å². The molecule has 0 bridgehead atoms. The van der Waals surface area contributed by atoms with Crippen LogP contribution in [0.15, 0.2) is 22.5 Å². The molecule has 0 fully saturated rings. The average Bonchev–Trinajstić information content (AvgIpc) is 1.67. The zero-order valence-corrected chi connectivity index (χ0v) is 7.67. The van der Waals surface area contributed by atoms with Crippen LogP contribution in [0.3, 0.4) is 0 Å². The van der Waals surface area contributed by atoms with Crippen molar-refractivity contribution in [2.75, 3.05) is 7.05 Å². The van der Waals surface area contributed by atoms with Gasteiger partial charge in [0.15, 0.2) is 0 Å². The molecule has 0 aromatic heterocycles. The van der Waals surface area contributed by atoms with E-state index in [1.807, 2.05) is 0 Å². The predicted molar refractivity (Wildman–Crippen MR) is 37.3 cm³/mol. The van der Waals surface area contributed by atoms with Crippen molar-refractivity contribution in [1.29, 1.82) is 0 Å². The van der Waals surface area contributed by atoms with Crippen LogP contribution in [-0.2, 0) is 12.7 Å². The number of halogens is 2. The molecule has 0 aromatic carbocycles. The fourth-order valence-electron chi connectivity index (χ4n) is 0.171. The second-order valence-electron chi connectivity index (χ2n) is 1.08. The van der Waals surface area contributed by atoms with Gasteiger partial charge in [-0.15, -0.1) is 0 Å². The molecule has 0 saturated heterocycles. The average molecular weight is 214 g/mol. The Morgan fingerprint density at radius 1 is 1.56 bits per heavy atom. The molecule has 2 nitrogen and oxygen atoms in total. The van der Waals surface area contributed by atoms with E-state index >= 15 is 0 Å². The number of hydrogen-bond donors (Lipinski definition) is 0. The summed E-state index contributed by atoms with van der Waals surface area (Å²) < 4.78 is 0. The molecule has 5 heteroatoms. The van der Waals surface area contributed by atoms with Gasteiger partial charge in [0.05, 0.1) is 5.70 Å². The van der Waals surface area contributed by atoms with Crippen LogP contribution in [0, 0.1) is 0 Å². The van der Waals surface area contributed by atoms with Crippen molar-refractivity contribution < 1.29 is 12.7 Å². The van der Waals surface area contributed by atoms with Crippen LogP contribution in [0.4, 0.5) is 0 Å². The van der Waals surface area contributed by atoms with Crippen LogP contribution in [0.2, 0.25) is 0 Å². The van der Waals surface area contributed by atoms with Gasteiger partial charge in [0.2, 0.25) is 0 Å². The van der Waals surface area contributed by atoms with Crippen molar-refractivity contribution in [2.45, 2.75) is 6.92 Å². The first kappa shape index (κ1) is 12.1. The van der Waals surface area contributed by atoms with Crippen molar-refractivity contribution in [3.63, 3.8) is 0 Å². The standard InChI is InChI=1S/C4H8N2.2ClH.Ni/c1-4(2)6-5-3;;;/h1H2,2-3H3;2*1H;/q;;;+2/p-2. The maximum atomic E-state index is 4.70. The Balaban J connectivity index is 0. The van der Waals surface area contributed by atoms with Crippen molar-refractivity contribution in [1.82, 2.24) is 0 Å². The zero-order chi connectivity index (χ0) is 7.70. The molecule has 0 heterocycles. The topological polar surface area (TPSA) is 24.7 Å². The first-order chi connectivity index (χ1) is 4.18. The van der Waals surface area contributed by atoms with Crippen molar-refractivity contribution in [3.05, 3.63) is 12.3 Å². The molecule has 0 radical (unpaired) electrons. The van der Waals surface area contributed by atoms with Gasteiger partial charge < -0.3 is 0 Å². The second kappa shape index (κ2) is 11.2. The summed E-state index contributed by atoms with van der Waals surface area (Å²) in [7, 11) is 11.0. The molecule has 0 unspecified atom stereocenters. The van der Waals surface area contributed by atoms with Gasteiger partial charge in [0, 0.05) is 7.05 Å². The molecule has 0 aliphatic carbocycles. The van der Waals surface area contributed by atoms with Gasteiger partial charge in [-0.3, -0.25) is 0 Å². The van der Waals surface area contributed by atoms with Crippen LogP contribution < -0.4 is 0 Å². The van der Waals surface area contributed by atoms with Crippen LogP contribution in [0.1, 0.15) is 6.92 Å². The van der Waals surface area contributed by atoms with Gasteiger partial charge in [-0.25, -0.2) is 0 Å². The molecule has 0 N–H and O–H groups in total. The Bertz CT molecular complexity index is 94.6. The van der Waals surface area contributed by atoms with Gasteiger partial charge in [-0.2, -0.15) is 10.2 Å². The van der Waals surface area contributed by atoms with Crippen LogP contribution in [-0.4, -0.2) is 7.05 Å². The summed E-state index contributed by atoms with van der Waals surface area (Å²) in [6.07, 6.45) is 0. The first-order valence-electron chi connectivity index (χ1n) is 1.96. The fourth-order valence-corrected chi connectivity index (χ4v) is 0.171. The quantitative estimate of drug-likeness (QED) is 0.473. The summed E-state index contributed by atoms with van der Waals surface area (Å²) in [5.74, 6) is 0. The van der Waals surface area contributed by atoms with Gasteiger partial charge >= 0.3 is 33.0 Å². The fraction of sp³-hybridized carbons (Fsp3) is 0.500. The van der Waals surface area contributed by atoms with Crippen LogP contribution in [0.5, 0.6) is 0 Å². The zero-order valence-electron chi connectivity index (χ0n) is 5.17. The molecule has 0 aliphatic rings. The first-order valence-corrected chi connectivity index (χ1v) is 4.68. The summed E-state index contributed by atoms with van der Waals surface area (Å²) in [5.41, 5.74) is 0.748. The Morgan fingerprint density at radius 3 is 1.89 bits per heavy atom. The number of nitrogens with zero attached hydrogens (tertiary/aromatic N) is 2. The maximum absolute atomic E-state index is 4.70. The van der Waals surface area contributed by atoms with Gasteiger partial charge in [-0.05, 0) is 6.92 Å². The summed E-state index contributed by atoms with van der Waals surface area (Å²) in [5, 5.41) is 7.02. The number of allylic oxidation sites excluding steroid dienone is 1. The Labute approximate surface area is 69.7 Å². The molecule has 0 atom stereocenters. The number of hydrogen-bond acceptors (Lipinski definition) is 2. The second-order valence-corrected chi connectivity index (χ2v) is 2.71. The molecule has 0 spiro atoms. The summed E-state index contributed by atoms with van der Waals surface area (Å²) in [6.45, 7) is 5.28. The van der Waals surface area contributed by atoms with E-state index < -0.39 is 0 Å². The molecule has 0 saturated carbocycles. The van der Waals surface area contributed by atoms with E-state index in [4.69, 9.17) is 20.4 Å². The number of azo groups is 1. The third-order valence-electron chi connectivity index (χ3n) is 0.271. The van der Waals surface area contributed by atoms with E-state index in [-0.39, 0.29) is 0 Å². The van der Waals surface area contributed by atoms with Crippen LogP contribution >= 0.6 is 20.4 Å². The van der Waals surface area contributed by atoms with Crippen molar-refractivity contribution in [2.24, 2.45) is 10.2 Å². The SMILES string of the molecule is C=C(C)N=NC.[Cl][Ni][Cl]. The predicted octanol–water partition coefficient (Wildman–Crippen LogP) is 2.98. The Hall–Kier alpha value is 0.414. The van der Waals surface area contributed by atoms with E-state index in [0.717, 1.165) is 5.70 Å².